The topological polar surface area (TPSA) is 111 Å². The zero-order chi connectivity index (χ0) is 23.8. The first-order valence-electron chi connectivity index (χ1n) is 10.2. The van der Waals surface area contributed by atoms with E-state index in [1.165, 1.54) is 18.2 Å². The number of H-pyrrole nitrogens is 1. The Balaban J connectivity index is 1.81. The highest BCUT2D eigenvalue weighted by Crippen LogP contribution is 2.44. The number of rotatable bonds is 6. The molecule has 0 aliphatic heterocycles. The minimum atomic E-state index is -0.498. The monoisotopic (exact) mass is 457 g/mol. The first-order chi connectivity index (χ1) is 16.5. The molecule has 0 fully saturated rings. The Labute approximate surface area is 191 Å². The number of hydrogen-bond donors (Lipinski definition) is 1. The molecule has 5 rings (SSSR count). The van der Waals surface area contributed by atoms with Crippen LogP contribution in [0.2, 0.25) is 0 Å². The second-order valence-corrected chi connectivity index (χ2v) is 7.57. The van der Waals surface area contributed by atoms with Crippen molar-refractivity contribution in [2.24, 2.45) is 0 Å². The number of hydrogen-bond acceptors (Lipinski definition) is 6. The van der Waals surface area contributed by atoms with E-state index in [0.29, 0.717) is 57.0 Å². The molecular formula is C25H16FN3O5. The first kappa shape index (κ1) is 21.1. The number of fused-ring (bicyclic) bond motifs is 1. The summed E-state index contributed by atoms with van der Waals surface area (Å²) < 4.78 is 24.6. The van der Waals surface area contributed by atoms with Crippen LogP contribution in [0, 0.1) is 22.9 Å². The third kappa shape index (κ3) is 3.58. The Morgan fingerprint density at radius 3 is 2.56 bits per heavy atom. The van der Waals surface area contributed by atoms with E-state index in [1.54, 1.807) is 55.7 Å². The Kier molecular flexibility index (Phi) is 5.14. The molecule has 3 aromatic carbocycles. The van der Waals surface area contributed by atoms with Crippen molar-refractivity contribution in [3.8, 4) is 39.6 Å². The fourth-order valence-electron chi connectivity index (χ4n) is 3.90. The molecule has 168 valence electrons. The molecule has 0 saturated carbocycles. The van der Waals surface area contributed by atoms with E-state index in [2.05, 4.69) is 9.97 Å². The molecule has 0 unspecified atom stereocenters. The average molecular weight is 457 g/mol. The van der Waals surface area contributed by atoms with Crippen LogP contribution in [-0.4, -0.2) is 21.4 Å². The molecule has 2 heterocycles. The number of nitro benzene ring substituents is 1. The van der Waals surface area contributed by atoms with Gasteiger partial charge in [0.1, 0.15) is 28.7 Å². The lowest BCUT2D eigenvalue weighted by molar-refractivity contribution is -0.384. The van der Waals surface area contributed by atoms with Gasteiger partial charge in [-0.1, -0.05) is 12.1 Å². The molecule has 0 saturated heterocycles. The fraction of sp³-hybridized carbons (Fsp3) is 0.0400. The summed E-state index contributed by atoms with van der Waals surface area (Å²) in [5.41, 5.74) is 2.78. The van der Waals surface area contributed by atoms with Gasteiger partial charge < -0.3 is 14.1 Å². The third-order valence-corrected chi connectivity index (χ3v) is 5.52. The number of carbonyl (C=O) groups excluding carboxylic acids is 1. The molecule has 0 atom stereocenters. The Morgan fingerprint density at radius 1 is 1.12 bits per heavy atom. The van der Waals surface area contributed by atoms with Crippen molar-refractivity contribution < 1.29 is 23.3 Å². The summed E-state index contributed by atoms with van der Waals surface area (Å²) in [4.78, 5) is 29.7. The van der Waals surface area contributed by atoms with Crippen molar-refractivity contribution >= 4 is 23.1 Å². The van der Waals surface area contributed by atoms with Crippen LogP contribution in [0.15, 0.2) is 71.4 Å². The number of furan rings is 1. The Morgan fingerprint density at radius 2 is 1.88 bits per heavy atom. The second-order valence-electron chi connectivity index (χ2n) is 7.57. The van der Waals surface area contributed by atoms with E-state index in [9.17, 15) is 19.3 Å². The number of carbonyl (C=O) groups is 1. The van der Waals surface area contributed by atoms with Gasteiger partial charge in [-0.2, -0.15) is 0 Å². The van der Waals surface area contributed by atoms with Gasteiger partial charge in [-0.05, 0) is 54.4 Å². The Hall–Kier alpha value is -4.79. The van der Waals surface area contributed by atoms with Gasteiger partial charge >= 0.3 is 0 Å². The molecule has 0 radical (unpaired) electrons. The number of benzene rings is 3. The zero-order valence-electron chi connectivity index (χ0n) is 17.7. The zero-order valence-corrected chi connectivity index (χ0v) is 17.7. The molecule has 0 aliphatic rings. The van der Waals surface area contributed by atoms with Gasteiger partial charge in [0.2, 0.25) is 0 Å². The van der Waals surface area contributed by atoms with Crippen LogP contribution in [0.3, 0.4) is 0 Å². The summed E-state index contributed by atoms with van der Waals surface area (Å²) in [5.74, 6) is 0.787. The van der Waals surface area contributed by atoms with E-state index in [0.717, 1.165) is 0 Å². The highest BCUT2D eigenvalue weighted by molar-refractivity contribution is 6.03. The Bertz CT molecular complexity index is 1540. The highest BCUT2D eigenvalue weighted by Gasteiger charge is 2.25. The van der Waals surface area contributed by atoms with E-state index < -0.39 is 10.7 Å². The summed E-state index contributed by atoms with van der Waals surface area (Å²) in [6.45, 7) is 2.07. The predicted octanol–water partition coefficient (Wildman–Crippen LogP) is 6.05. The number of ether oxygens (including phenoxy) is 1. The minimum absolute atomic E-state index is 0.182. The van der Waals surface area contributed by atoms with Crippen molar-refractivity contribution in [3.63, 3.8) is 0 Å². The van der Waals surface area contributed by atoms with E-state index in [1.807, 2.05) is 0 Å². The summed E-state index contributed by atoms with van der Waals surface area (Å²) in [7, 11) is 0. The van der Waals surface area contributed by atoms with Gasteiger partial charge in [-0.25, -0.2) is 9.37 Å². The molecule has 0 aliphatic carbocycles. The van der Waals surface area contributed by atoms with E-state index in [4.69, 9.17) is 9.15 Å². The van der Waals surface area contributed by atoms with Crippen LogP contribution in [-0.2, 0) is 4.79 Å². The minimum Gasteiger partial charge on any atom is -0.455 e. The molecule has 1 N–H and O–H groups in total. The lowest BCUT2D eigenvalue weighted by atomic mass is 9.97. The molecule has 0 spiro atoms. The second kappa shape index (κ2) is 8.28. The van der Waals surface area contributed by atoms with Crippen LogP contribution >= 0.6 is 0 Å². The maximum Gasteiger partial charge on any atom is 0.298 e. The summed E-state index contributed by atoms with van der Waals surface area (Å²) in [5, 5.41) is 12.5. The lowest BCUT2D eigenvalue weighted by Crippen LogP contribution is -1.95. The number of aromatic amines is 1. The third-order valence-electron chi connectivity index (χ3n) is 5.52. The van der Waals surface area contributed by atoms with Crippen LogP contribution in [0.4, 0.5) is 10.1 Å². The number of nitrogens with zero attached hydrogens (tertiary/aromatic N) is 2. The van der Waals surface area contributed by atoms with Crippen LogP contribution in [0.5, 0.6) is 5.75 Å². The van der Waals surface area contributed by atoms with Crippen molar-refractivity contribution in [1.82, 2.24) is 9.97 Å². The van der Waals surface area contributed by atoms with Crippen LogP contribution in [0.1, 0.15) is 5.56 Å². The molecular weight excluding hydrogens is 441 g/mol. The van der Waals surface area contributed by atoms with Gasteiger partial charge in [0, 0.05) is 23.3 Å². The van der Waals surface area contributed by atoms with Crippen molar-refractivity contribution in [3.05, 3.63) is 88.5 Å². The number of nitro groups is 1. The number of aromatic nitrogens is 2. The maximum absolute atomic E-state index is 13.5. The SMILES string of the molecule is Cc1ccc(-c2cc3c(-c4ncc[nH]4)c(-c4ccc(F)cc4)oc3cc2[N+](=O)[O-])cc1OC=O. The smallest absolute Gasteiger partial charge is 0.298 e. The normalized spacial score (nSPS) is 11.0. The van der Waals surface area contributed by atoms with Crippen molar-refractivity contribution in [2.45, 2.75) is 6.92 Å². The number of aryl methyl sites for hydroxylation is 1. The summed E-state index contributed by atoms with van der Waals surface area (Å²) in [6.07, 6.45) is 3.23. The van der Waals surface area contributed by atoms with Gasteiger partial charge in [0.25, 0.3) is 12.2 Å². The highest BCUT2D eigenvalue weighted by atomic mass is 19.1. The fourth-order valence-corrected chi connectivity index (χ4v) is 3.90. The molecule has 0 bridgehead atoms. The van der Waals surface area contributed by atoms with Crippen molar-refractivity contribution in [1.29, 1.82) is 0 Å². The van der Waals surface area contributed by atoms with Gasteiger partial charge in [-0.3, -0.25) is 14.9 Å². The van der Waals surface area contributed by atoms with E-state index in [-0.39, 0.29) is 11.3 Å². The van der Waals surface area contributed by atoms with Gasteiger partial charge in [0.05, 0.1) is 22.1 Å². The molecule has 5 aromatic rings. The van der Waals surface area contributed by atoms with Gasteiger partial charge in [0.15, 0.2) is 0 Å². The predicted molar refractivity (Wildman–Crippen MR) is 123 cm³/mol. The number of halogens is 1. The first-order valence-corrected chi connectivity index (χ1v) is 10.2. The summed E-state index contributed by atoms with van der Waals surface area (Å²) in [6, 6.07) is 13.8. The van der Waals surface area contributed by atoms with Crippen LogP contribution < -0.4 is 4.74 Å². The summed E-state index contributed by atoms with van der Waals surface area (Å²) >= 11 is 0. The number of imidazole rings is 1. The largest absolute Gasteiger partial charge is 0.455 e. The van der Waals surface area contributed by atoms with Crippen molar-refractivity contribution in [2.75, 3.05) is 0 Å². The molecule has 9 heteroatoms. The average Bonchev–Trinajstić information content (AvgIpc) is 3.47. The standard InChI is InChI=1S/C25H16FN3O5/c1-14-2-3-16(10-21(14)33-13-30)18-11-19-22(12-20(18)29(31)32)34-24(15-4-6-17(26)7-5-15)23(19)25-27-8-9-28-25/h2-13H,1H3,(H,27,28). The van der Waals surface area contributed by atoms with Gasteiger partial charge in [-0.15, -0.1) is 0 Å². The molecule has 8 nitrogen and oxygen atoms in total. The molecule has 2 aromatic heterocycles. The lowest BCUT2D eigenvalue weighted by Gasteiger charge is -2.08. The quantitative estimate of drug-likeness (QED) is 0.189. The molecule has 0 amide bonds. The number of nitrogens with one attached hydrogen (secondary N) is 1. The van der Waals surface area contributed by atoms with E-state index >= 15 is 0 Å². The maximum atomic E-state index is 13.5. The molecule has 34 heavy (non-hydrogen) atoms. The van der Waals surface area contributed by atoms with Crippen LogP contribution in [0.25, 0.3) is 44.8 Å².